The third-order valence-corrected chi connectivity index (χ3v) is 9.40. The Balaban J connectivity index is 1.41. The molecular weight excluding hydrogens is 516 g/mol. The number of rotatable bonds is 2. The summed E-state index contributed by atoms with van der Waals surface area (Å²) in [6.07, 6.45) is 0. The van der Waals surface area contributed by atoms with Crippen LogP contribution in [0.2, 0.25) is 0 Å². The average molecular weight is 541 g/mol. The minimum absolute atomic E-state index is 0.921. The monoisotopic (exact) mass is 540 g/mol. The first-order chi connectivity index (χ1) is 20.8. The molecule has 4 aliphatic heterocycles. The number of nitrogens with zero attached hydrogens (tertiary/aromatic N) is 2. The lowest BCUT2D eigenvalue weighted by Gasteiger charge is -2.59. The molecule has 198 valence electrons. The summed E-state index contributed by atoms with van der Waals surface area (Å²) in [7, 11) is 0. The highest BCUT2D eigenvalue weighted by atomic mass is 17.2. The molecule has 4 nitrogen and oxygen atoms in total. The van der Waals surface area contributed by atoms with Gasteiger partial charge in [0.05, 0.1) is 22.7 Å². The van der Waals surface area contributed by atoms with Crippen molar-refractivity contribution in [2.24, 2.45) is 0 Å². The van der Waals surface area contributed by atoms with Gasteiger partial charge in [0.15, 0.2) is 11.2 Å². The van der Waals surface area contributed by atoms with Crippen LogP contribution in [0.4, 0.5) is 34.1 Å². The third kappa shape index (κ3) is 2.44. The van der Waals surface area contributed by atoms with Gasteiger partial charge in [-0.1, -0.05) is 97.1 Å². The van der Waals surface area contributed by atoms with Crippen LogP contribution < -0.4 is 9.80 Å². The van der Waals surface area contributed by atoms with Crippen LogP contribution >= 0.6 is 0 Å². The molecule has 2 spiro atoms. The molecule has 0 N–H and O–H groups in total. The number of para-hydroxylation sites is 4. The standard InChI is InChI=1S/C38H24N2O2/c1-3-13-25(14-4-1)39-31-21-11-9-19-29(31)37-27-17-7-8-18-28(27)38(42-41-37)30-20-10-12-22-32(30)40(26-15-5-2-6-16-26)34-24-23-33(39)35(37)36(34)38/h1-24H. The van der Waals surface area contributed by atoms with Gasteiger partial charge in [0.2, 0.25) is 0 Å². The van der Waals surface area contributed by atoms with Gasteiger partial charge in [-0.2, -0.15) is 0 Å². The normalized spacial score (nSPS) is 21.7. The van der Waals surface area contributed by atoms with E-state index in [1.54, 1.807) is 0 Å². The molecule has 5 aliphatic rings. The van der Waals surface area contributed by atoms with Crippen molar-refractivity contribution < 1.29 is 9.78 Å². The Kier molecular flexibility index (Phi) is 4.16. The van der Waals surface area contributed by atoms with Crippen molar-refractivity contribution in [3.05, 3.63) is 179 Å². The van der Waals surface area contributed by atoms with Crippen molar-refractivity contribution in [2.45, 2.75) is 11.2 Å². The molecule has 4 heterocycles. The molecule has 1 aliphatic carbocycles. The Bertz CT molecular complexity index is 1930. The van der Waals surface area contributed by atoms with Gasteiger partial charge in [0.1, 0.15) is 0 Å². The van der Waals surface area contributed by atoms with E-state index < -0.39 is 11.2 Å². The summed E-state index contributed by atoms with van der Waals surface area (Å²) in [6.45, 7) is 0. The highest BCUT2D eigenvalue weighted by Crippen LogP contribution is 2.71. The Morgan fingerprint density at radius 1 is 0.333 bits per heavy atom. The number of fused-ring (bicyclic) bond motifs is 3. The lowest BCUT2D eigenvalue weighted by molar-refractivity contribution is -0.409. The second-order valence-corrected chi connectivity index (χ2v) is 11.3. The maximum Gasteiger partial charge on any atom is 0.183 e. The molecule has 6 aromatic carbocycles. The molecule has 2 atom stereocenters. The van der Waals surface area contributed by atoms with Gasteiger partial charge in [0, 0.05) is 44.8 Å². The summed E-state index contributed by atoms with van der Waals surface area (Å²) < 4.78 is 0. The summed E-state index contributed by atoms with van der Waals surface area (Å²) in [5, 5.41) is 0. The zero-order chi connectivity index (χ0) is 27.5. The number of hydrogen-bond donors (Lipinski definition) is 0. The molecular formula is C38H24N2O2. The van der Waals surface area contributed by atoms with E-state index in [1.807, 2.05) is 0 Å². The van der Waals surface area contributed by atoms with Crippen molar-refractivity contribution in [3.63, 3.8) is 0 Å². The first kappa shape index (κ1) is 22.5. The lowest BCUT2D eigenvalue weighted by atomic mass is 9.59. The zero-order valence-electron chi connectivity index (χ0n) is 22.6. The van der Waals surface area contributed by atoms with Gasteiger partial charge in [-0.05, 0) is 48.5 Å². The maximum atomic E-state index is 6.85. The molecule has 0 fully saturated rings. The third-order valence-electron chi connectivity index (χ3n) is 9.40. The molecule has 42 heavy (non-hydrogen) atoms. The summed E-state index contributed by atoms with van der Waals surface area (Å²) in [4.78, 5) is 18.4. The van der Waals surface area contributed by atoms with Crippen molar-refractivity contribution in [2.75, 3.05) is 9.80 Å². The minimum Gasteiger partial charge on any atom is -0.310 e. The number of hydrogen-bond acceptors (Lipinski definition) is 4. The first-order valence-electron chi connectivity index (χ1n) is 14.4. The van der Waals surface area contributed by atoms with E-state index in [0.717, 1.165) is 67.5 Å². The molecule has 4 heteroatoms. The molecule has 0 saturated carbocycles. The van der Waals surface area contributed by atoms with Gasteiger partial charge in [-0.3, -0.25) is 0 Å². The second-order valence-electron chi connectivity index (χ2n) is 11.3. The lowest BCUT2D eigenvalue weighted by Crippen LogP contribution is -2.57. The number of benzene rings is 6. The van der Waals surface area contributed by atoms with E-state index in [0.29, 0.717) is 0 Å². The van der Waals surface area contributed by atoms with Crippen molar-refractivity contribution in [1.29, 1.82) is 0 Å². The fourth-order valence-electron chi connectivity index (χ4n) is 7.88. The van der Waals surface area contributed by atoms with Crippen LogP contribution in [0.5, 0.6) is 0 Å². The maximum absolute atomic E-state index is 6.85. The van der Waals surface area contributed by atoms with Crippen LogP contribution in [-0.4, -0.2) is 0 Å². The molecule has 0 radical (unpaired) electrons. The molecule has 6 aromatic rings. The van der Waals surface area contributed by atoms with E-state index in [1.165, 1.54) is 0 Å². The molecule has 0 saturated heterocycles. The summed E-state index contributed by atoms with van der Waals surface area (Å²) in [5.74, 6) is 0. The Morgan fingerprint density at radius 3 is 1.12 bits per heavy atom. The predicted octanol–water partition coefficient (Wildman–Crippen LogP) is 9.11. The Hall–Kier alpha value is -5.16. The topological polar surface area (TPSA) is 24.9 Å². The van der Waals surface area contributed by atoms with Gasteiger partial charge in [-0.15, -0.1) is 0 Å². The SMILES string of the molecule is c1ccc(N2c3ccccc3C34OOC5(c6ccccc6N(c6ccccc6)c6ccc2c3c65)c2ccccc24)cc1. The van der Waals surface area contributed by atoms with Gasteiger partial charge in [0.25, 0.3) is 0 Å². The van der Waals surface area contributed by atoms with Crippen molar-refractivity contribution in [3.8, 4) is 0 Å². The van der Waals surface area contributed by atoms with Crippen molar-refractivity contribution in [1.82, 2.24) is 0 Å². The molecule has 0 amide bonds. The highest BCUT2D eigenvalue weighted by Gasteiger charge is 2.66. The van der Waals surface area contributed by atoms with E-state index in [2.05, 4.69) is 155 Å². The van der Waals surface area contributed by atoms with E-state index in [4.69, 9.17) is 9.78 Å². The van der Waals surface area contributed by atoms with E-state index in [9.17, 15) is 0 Å². The van der Waals surface area contributed by atoms with Crippen LogP contribution in [0.25, 0.3) is 0 Å². The fourth-order valence-corrected chi connectivity index (χ4v) is 7.88. The van der Waals surface area contributed by atoms with E-state index in [-0.39, 0.29) is 0 Å². The van der Waals surface area contributed by atoms with Crippen molar-refractivity contribution >= 4 is 34.1 Å². The summed E-state index contributed by atoms with van der Waals surface area (Å²) in [5.41, 5.74) is 11.4. The van der Waals surface area contributed by atoms with E-state index >= 15 is 0 Å². The molecule has 2 unspecified atom stereocenters. The van der Waals surface area contributed by atoms with Crippen LogP contribution in [-0.2, 0) is 21.0 Å². The van der Waals surface area contributed by atoms with Gasteiger partial charge in [-0.25, -0.2) is 9.78 Å². The summed E-state index contributed by atoms with van der Waals surface area (Å²) >= 11 is 0. The molecule has 0 aromatic heterocycles. The van der Waals surface area contributed by atoms with Crippen LogP contribution in [0, 0.1) is 0 Å². The second kappa shape index (κ2) is 7.77. The smallest absolute Gasteiger partial charge is 0.183 e. The first-order valence-corrected chi connectivity index (χ1v) is 14.4. The predicted molar refractivity (Wildman–Crippen MR) is 164 cm³/mol. The Morgan fingerprint density at radius 2 is 0.690 bits per heavy atom. The Labute approximate surface area is 243 Å². The average Bonchev–Trinajstić information content (AvgIpc) is 3.07. The largest absolute Gasteiger partial charge is 0.310 e. The molecule has 11 rings (SSSR count). The van der Waals surface area contributed by atoms with Gasteiger partial charge < -0.3 is 9.80 Å². The zero-order valence-corrected chi connectivity index (χ0v) is 22.6. The highest BCUT2D eigenvalue weighted by molar-refractivity contribution is 5.97. The summed E-state index contributed by atoms with van der Waals surface area (Å²) in [6, 6.07) is 51.6. The van der Waals surface area contributed by atoms with Crippen LogP contribution in [0.15, 0.2) is 146 Å². The molecule has 2 bridgehead atoms. The minimum atomic E-state index is -0.921. The quantitative estimate of drug-likeness (QED) is 0.205. The van der Waals surface area contributed by atoms with Crippen LogP contribution in [0.3, 0.4) is 0 Å². The van der Waals surface area contributed by atoms with Gasteiger partial charge >= 0.3 is 0 Å². The van der Waals surface area contributed by atoms with Crippen LogP contribution in [0.1, 0.15) is 33.4 Å². The fraction of sp³-hybridized carbons (Fsp3) is 0.0526. The number of anilines is 6.